The molecular formula is C24H30Cl2N2O3. The Labute approximate surface area is 194 Å². The number of hydrogen-bond acceptors (Lipinski definition) is 3. The number of halogens is 2. The molecule has 0 unspecified atom stereocenters. The molecule has 1 N–H and O–H groups in total. The van der Waals surface area contributed by atoms with Crippen molar-refractivity contribution in [1.29, 1.82) is 0 Å². The van der Waals surface area contributed by atoms with Crippen LogP contribution in [-0.2, 0) is 16.1 Å². The highest BCUT2D eigenvalue weighted by molar-refractivity contribution is 6.42. The Hall–Kier alpha value is -2.24. The molecule has 168 valence electrons. The van der Waals surface area contributed by atoms with E-state index in [9.17, 15) is 9.59 Å². The molecule has 0 aliphatic carbocycles. The van der Waals surface area contributed by atoms with Gasteiger partial charge in [0, 0.05) is 13.1 Å². The molecule has 0 aliphatic rings. The van der Waals surface area contributed by atoms with Crippen molar-refractivity contribution in [3.05, 3.63) is 63.6 Å². The van der Waals surface area contributed by atoms with E-state index in [1.165, 1.54) is 10.5 Å². The van der Waals surface area contributed by atoms with Crippen LogP contribution in [0.2, 0.25) is 10.0 Å². The predicted molar refractivity (Wildman–Crippen MR) is 126 cm³/mol. The van der Waals surface area contributed by atoms with Crippen molar-refractivity contribution in [2.75, 3.05) is 13.2 Å². The number of rotatable bonds is 10. The van der Waals surface area contributed by atoms with E-state index in [0.29, 0.717) is 28.3 Å². The van der Waals surface area contributed by atoms with E-state index in [0.717, 1.165) is 12.0 Å². The predicted octanol–water partition coefficient (Wildman–Crippen LogP) is 5.44. The Kier molecular flexibility index (Phi) is 9.66. The van der Waals surface area contributed by atoms with E-state index >= 15 is 0 Å². The van der Waals surface area contributed by atoms with Crippen LogP contribution in [0, 0.1) is 0 Å². The van der Waals surface area contributed by atoms with E-state index < -0.39 is 6.04 Å². The highest BCUT2D eigenvalue weighted by atomic mass is 35.5. The zero-order valence-corrected chi connectivity index (χ0v) is 20.0. The van der Waals surface area contributed by atoms with Crippen molar-refractivity contribution < 1.29 is 14.3 Å². The fourth-order valence-electron chi connectivity index (χ4n) is 2.99. The number of nitrogens with one attached hydrogen (secondary N) is 1. The number of benzene rings is 2. The van der Waals surface area contributed by atoms with Gasteiger partial charge in [0.15, 0.2) is 6.61 Å². The molecule has 31 heavy (non-hydrogen) atoms. The number of carbonyl (C=O) groups excluding carboxylic acids is 2. The van der Waals surface area contributed by atoms with Gasteiger partial charge in [0.05, 0.1) is 10.0 Å². The number of ether oxygens (including phenoxy) is 1. The van der Waals surface area contributed by atoms with Gasteiger partial charge in [-0.15, -0.1) is 0 Å². The van der Waals surface area contributed by atoms with Gasteiger partial charge in [0.2, 0.25) is 5.91 Å². The molecule has 0 saturated heterocycles. The smallest absolute Gasteiger partial charge is 0.261 e. The van der Waals surface area contributed by atoms with Crippen LogP contribution in [0.15, 0.2) is 42.5 Å². The van der Waals surface area contributed by atoms with E-state index in [1.807, 2.05) is 31.2 Å². The highest BCUT2D eigenvalue weighted by Crippen LogP contribution is 2.24. The fraction of sp³-hybridized carbons (Fsp3) is 0.417. The first-order valence-corrected chi connectivity index (χ1v) is 11.2. The highest BCUT2D eigenvalue weighted by Gasteiger charge is 2.26. The number of hydrogen-bond donors (Lipinski definition) is 1. The topological polar surface area (TPSA) is 58.6 Å². The van der Waals surface area contributed by atoms with E-state index in [2.05, 4.69) is 19.2 Å². The molecule has 0 spiro atoms. The molecule has 7 heteroatoms. The summed E-state index contributed by atoms with van der Waals surface area (Å²) >= 11 is 12.1. The van der Waals surface area contributed by atoms with Crippen LogP contribution in [0.1, 0.15) is 51.2 Å². The maximum absolute atomic E-state index is 13.0. The second-order valence-corrected chi connectivity index (χ2v) is 8.56. The lowest BCUT2D eigenvalue weighted by Gasteiger charge is -2.29. The van der Waals surface area contributed by atoms with Gasteiger partial charge in [-0.05, 0) is 54.7 Å². The molecule has 0 fully saturated rings. The third-order valence-corrected chi connectivity index (χ3v) is 5.70. The summed E-state index contributed by atoms with van der Waals surface area (Å²) in [4.78, 5) is 27.1. The maximum Gasteiger partial charge on any atom is 0.261 e. The number of carbonyl (C=O) groups is 2. The first-order chi connectivity index (χ1) is 14.7. The fourth-order valence-corrected chi connectivity index (χ4v) is 3.31. The second-order valence-electron chi connectivity index (χ2n) is 7.75. The zero-order valence-electron chi connectivity index (χ0n) is 18.5. The standard InChI is InChI=1S/C24H30Cl2N2O3/c1-5-12-27-24(30)17(4)28(14-18-6-11-21(25)22(26)13-18)23(29)15-31-20-9-7-19(8-10-20)16(2)3/h6-11,13,16-17H,5,12,14-15H2,1-4H3,(H,27,30)/t17-/m1/s1. The minimum absolute atomic E-state index is 0.173. The molecule has 2 aromatic rings. The average molecular weight is 465 g/mol. The van der Waals surface area contributed by atoms with Gasteiger partial charge in [0.1, 0.15) is 11.8 Å². The molecule has 2 rings (SSSR count). The van der Waals surface area contributed by atoms with Crippen LogP contribution in [-0.4, -0.2) is 35.9 Å². The first kappa shape index (κ1) is 25.0. The maximum atomic E-state index is 13.0. The summed E-state index contributed by atoms with van der Waals surface area (Å²) in [6, 6.07) is 12.2. The van der Waals surface area contributed by atoms with Crippen molar-refractivity contribution >= 4 is 35.0 Å². The number of amides is 2. The van der Waals surface area contributed by atoms with Crippen LogP contribution in [0.3, 0.4) is 0 Å². The molecule has 2 aromatic carbocycles. The largest absolute Gasteiger partial charge is 0.484 e. The Balaban J connectivity index is 2.14. The summed E-state index contributed by atoms with van der Waals surface area (Å²) in [5.41, 5.74) is 1.97. The van der Waals surface area contributed by atoms with Crippen LogP contribution < -0.4 is 10.1 Å². The minimum Gasteiger partial charge on any atom is -0.484 e. The van der Waals surface area contributed by atoms with Crippen LogP contribution in [0.25, 0.3) is 0 Å². The van der Waals surface area contributed by atoms with Gasteiger partial charge < -0.3 is 15.0 Å². The lowest BCUT2D eigenvalue weighted by Crippen LogP contribution is -2.49. The second kappa shape index (κ2) is 12.0. The van der Waals surface area contributed by atoms with Crippen molar-refractivity contribution in [2.24, 2.45) is 0 Å². The number of nitrogens with zero attached hydrogens (tertiary/aromatic N) is 1. The lowest BCUT2D eigenvalue weighted by atomic mass is 10.0. The van der Waals surface area contributed by atoms with Crippen LogP contribution >= 0.6 is 23.2 Å². The van der Waals surface area contributed by atoms with Gasteiger partial charge in [-0.1, -0.05) is 62.2 Å². The molecule has 0 bridgehead atoms. The molecule has 1 atom stereocenters. The normalized spacial score (nSPS) is 11.8. The van der Waals surface area contributed by atoms with Gasteiger partial charge in [-0.2, -0.15) is 0 Å². The Morgan fingerprint density at radius 3 is 2.29 bits per heavy atom. The molecular weight excluding hydrogens is 435 g/mol. The van der Waals surface area contributed by atoms with E-state index in [1.54, 1.807) is 25.1 Å². The Morgan fingerprint density at radius 1 is 1.03 bits per heavy atom. The third-order valence-electron chi connectivity index (χ3n) is 4.96. The summed E-state index contributed by atoms with van der Waals surface area (Å²) in [6.07, 6.45) is 0.814. The van der Waals surface area contributed by atoms with Crippen molar-refractivity contribution in [1.82, 2.24) is 10.2 Å². The monoisotopic (exact) mass is 464 g/mol. The molecule has 2 amide bonds. The summed E-state index contributed by atoms with van der Waals surface area (Å²) in [5, 5.41) is 3.68. The molecule has 0 aliphatic heterocycles. The first-order valence-electron chi connectivity index (χ1n) is 10.5. The zero-order chi connectivity index (χ0) is 23.0. The molecule has 0 radical (unpaired) electrons. The van der Waals surface area contributed by atoms with E-state index in [4.69, 9.17) is 27.9 Å². The van der Waals surface area contributed by atoms with Gasteiger partial charge in [0.25, 0.3) is 5.91 Å². The van der Waals surface area contributed by atoms with Gasteiger partial charge in [-0.25, -0.2) is 0 Å². The summed E-state index contributed by atoms with van der Waals surface area (Å²) in [6.45, 7) is 8.51. The van der Waals surface area contributed by atoms with Crippen molar-refractivity contribution in [2.45, 2.75) is 52.6 Å². The van der Waals surface area contributed by atoms with Crippen molar-refractivity contribution in [3.63, 3.8) is 0 Å². The average Bonchev–Trinajstić information content (AvgIpc) is 2.76. The van der Waals surface area contributed by atoms with Crippen LogP contribution in [0.5, 0.6) is 5.75 Å². The Bertz CT molecular complexity index is 885. The minimum atomic E-state index is -0.666. The van der Waals surface area contributed by atoms with Gasteiger partial charge >= 0.3 is 0 Å². The summed E-state index contributed by atoms with van der Waals surface area (Å²) in [7, 11) is 0. The quantitative estimate of drug-likeness (QED) is 0.509. The summed E-state index contributed by atoms with van der Waals surface area (Å²) in [5.74, 6) is 0.518. The van der Waals surface area contributed by atoms with Crippen molar-refractivity contribution in [3.8, 4) is 5.75 Å². The Morgan fingerprint density at radius 2 is 1.71 bits per heavy atom. The molecule has 5 nitrogen and oxygen atoms in total. The molecule has 0 heterocycles. The molecule has 0 saturated carbocycles. The lowest BCUT2D eigenvalue weighted by molar-refractivity contribution is -0.142. The molecule has 0 aromatic heterocycles. The summed E-state index contributed by atoms with van der Waals surface area (Å²) < 4.78 is 5.71. The van der Waals surface area contributed by atoms with E-state index in [-0.39, 0.29) is 25.0 Å². The van der Waals surface area contributed by atoms with Gasteiger partial charge in [-0.3, -0.25) is 9.59 Å². The third kappa shape index (κ3) is 7.44. The van der Waals surface area contributed by atoms with Crippen LogP contribution in [0.4, 0.5) is 0 Å². The SMILES string of the molecule is CCCNC(=O)[C@@H](C)N(Cc1ccc(Cl)c(Cl)c1)C(=O)COc1ccc(C(C)C)cc1.